The predicted molar refractivity (Wildman–Crippen MR) is 158 cm³/mol. The third-order valence-corrected chi connectivity index (χ3v) is 8.67. The van der Waals surface area contributed by atoms with Crippen molar-refractivity contribution in [3.8, 4) is 11.4 Å². The van der Waals surface area contributed by atoms with Gasteiger partial charge in [-0.05, 0) is 78.1 Å². The Labute approximate surface area is 250 Å². The lowest BCUT2D eigenvalue weighted by atomic mass is 9.83. The number of alkyl halides is 3. The maximum atomic E-state index is 13.1. The molecule has 42 heavy (non-hydrogen) atoms. The summed E-state index contributed by atoms with van der Waals surface area (Å²) in [5.74, 6) is 1.31. The van der Waals surface area contributed by atoms with Crippen molar-refractivity contribution < 1.29 is 17.9 Å². The number of ether oxygens (including phenoxy) is 1. The molecule has 2 aliphatic heterocycles. The Morgan fingerprint density at radius 3 is 2.43 bits per heavy atom. The number of hydrogen-bond donors (Lipinski definition) is 1. The first-order chi connectivity index (χ1) is 20.2. The average molecular weight is 609 g/mol. The van der Waals surface area contributed by atoms with Gasteiger partial charge in [-0.25, -0.2) is 9.97 Å². The van der Waals surface area contributed by atoms with E-state index in [1.807, 2.05) is 24.3 Å². The molecule has 0 radical (unpaired) electrons. The van der Waals surface area contributed by atoms with E-state index in [0.29, 0.717) is 38.9 Å². The highest BCUT2D eigenvalue weighted by Crippen LogP contribution is 2.50. The number of pyridine rings is 1. The molecule has 4 heterocycles. The highest BCUT2D eigenvalue weighted by atomic mass is 35.5. The van der Waals surface area contributed by atoms with Crippen LogP contribution in [0.15, 0.2) is 79.0 Å². The first kappa shape index (κ1) is 27.3. The number of halogens is 5. The van der Waals surface area contributed by atoms with Gasteiger partial charge >= 0.3 is 6.18 Å². The van der Waals surface area contributed by atoms with Crippen LogP contribution in [0.5, 0.6) is 0 Å². The number of rotatable bonds is 4. The second kappa shape index (κ2) is 10.3. The van der Waals surface area contributed by atoms with Gasteiger partial charge < -0.3 is 14.6 Å². The number of nitrogens with one attached hydrogen (secondary N) is 1. The molecule has 1 saturated heterocycles. The van der Waals surface area contributed by atoms with Gasteiger partial charge in [0.1, 0.15) is 11.6 Å². The van der Waals surface area contributed by atoms with Crippen LogP contribution in [0.4, 0.5) is 19.0 Å². The highest BCUT2D eigenvalue weighted by molar-refractivity contribution is 6.34. The number of aromatic amines is 1. The van der Waals surface area contributed by atoms with E-state index >= 15 is 0 Å². The van der Waals surface area contributed by atoms with Crippen molar-refractivity contribution in [2.45, 2.75) is 37.1 Å². The lowest BCUT2D eigenvalue weighted by Crippen LogP contribution is -2.43. The van der Waals surface area contributed by atoms with Gasteiger partial charge in [0.15, 0.2) is 0 Å². The minimum atomic E-state index is -4.41. The molecule has 1 unspecified atom stereocenters. The van der Waals surface area contributed by atoms with Gasteiger partial charge in [-0.1, -0.05) is 47.5 Å². The second-order valence-electron chi connectivity index (χ2n) is 10.9. The van der Waals surface area contributed by atoms with E-state index in [1.54, 1.807) is 12.3 Å². The number of nitrogens with zero attached hydrogens (tertiary/aromatic N) is 3. The normalized spacial score (nSPS) is 18.1. The van der Waals surface area contributed by atoms with Crippen LogP contribution in [0, 0.1) is 0 Å². The van der Waals surface area contributed by atoms with E-state index < -0.39 is 11.7 Å². The standard InChI is InChI=1S/C32H25Cl2F3N4O/c33-22-13-19(14-23(34)17-22)15-28-24-3-1-2-4-25(24)31(42-28)9-11-41(12-10-31)29-8-5-20(18-38-29)30-39-26-7-6-21(32(35,36)37)16-27(26)40-30/h1-8,13-14,16-18,28H,9-12,15H2,(H,39,40). The minimum absolute atomic E-state index is 0.0873. The Kier molecular flexibility index (Phi) is 6.68. The zero-order valence-corrected chi connectivity index (χ0v) is 23.8. The zero-order chi connectivity index (χ0) is 29.1. The van der Waals surface area contributed by atoms with Gasteiger partial charge in [0.2, 0.25) is 0 Å². The van der Waals surface area contributed by atoms with Crippen LogP contribution < -0.4 is 4.90 Å². The lowest BCUT2D eigenvalue weighted by Gasteiger charge is -2.40. The predicted octanol–water partition coefficient (Wildman–Crippen LogP) is 8.76. The van der Waals surface area contributed by atoms with Gasteiger partial charge in [-0.15, -0.1) is 0 Å². The van der Waals surface area contributed by atoms with Crippen LogP contribution in [-0.2, 0) is 22.9 Å². The highest BCUT2D eigenvalue weighted by Gasteiger charge is 2.46. The molecule has 0 saturated carbocycles. The van der Waals surface area contributed by atoms with E-state index in [9.17, 15) is 13.2 Å². The maximum Gasteiger partial charge on any atom is 0.416 e. The van der Waals surface area contributed by atoms with E-state index in [0.717, 1.165) is 49.4 Å². The Hall–Kier alpha value is -3.59. The molecule has 10 heteroatoms. The number of anilines is 1. The van der Waals surface area contributed by atoms with Crippen molar-refractivity contribution in [3.63, 3.8) is 0 Å². The van der Waals surface area contributed by atoms with Gasteiger partial charge in [0.05, 0.1) is 28.3 Å². The molecular formula is C32H25Cl2F3N4O. The average Bonchev–Trinajstić information content (AvgIpc) is 3.52. The fourth-order valence-electron chi connectivity index (χ4n) is 6.21. The third-order valence-electron chi connectivity index (χ3n) is 8.24. The second-order valence-corrected chi connectivity index (χ2v) is 11.7. The fraction of sp³-hybridized carbons (Fsp3) is 0.250. The Morgan fingerprint density at radius 1 is 0.952 bits per heavy atom. The minimum Gasteiger partial charge on any atom is -0.362 e. The van der Waals surface area contributed by atoms with Crippen molar-refractivity contribution in [2.24, 2.45) is 0 Å². The van der Waals surface area contributed by atoms with Crippen LogP contribution in [-0.4, -0.2) is 28.0 Å². The maximum absolute atomic E-state index is 13.1. The molecule has 1 spiro atoms. The molecule has 2 aromatic heterocycles. The summed E-state index contributed by atoms with van der Waals surface area (Å²) in [5, 5.41) is 1.22. The summed E-state index contributed by atoms with van der Waals surface area (Å²) in [7, 11) is 0. The SMILES string of the molecule is FC(F)(F)c1ccc2nc(-c3ccc(N4CCC5(CC4)OC(Cc4cc(Cl)cc(Cl)c4)c4ccccc45)nc3)[nH]c2c1. The molecule has 1 N–H and O–H groups in total. The molecule has 214 valence electrons. The van der Waals surface area contributed by atoms with Gasteiger partial charge in [-0.2, -0.15) is 13.2 Å². The molecule has 2 aliphatic rings. The summed E-state index contributed by atoms with van der Waals surface area (Å²) in [5.41, 5.74) is 3.91. The Balaban J connectivity index is 1.07. The van der Waals surface area contributed by atoms with Gasteiger partial charge in [0, 0.05) is 41.3 Å². The van der Waals surface area contributed by atoms with Gasteiger partial charge in [0.25, 0.3) is 0 Å². The number of imidazole rings is 1. The summed E-state index contributed by atoms with van der Waals surface area (Å²) in [6.45, 7) is 1.53. The largest absolute Gasteiger partial charge is 0.416 e. The molecule has 0 amide bonds. The number of aromatic nitrogens is 3. The number of H-pyrrole nitrogens is 1. The lowest BCUT2D eigenvalue weighted by molar-refractivity contribution is -0.137. The van der Waals surface area contributed by atoms with E-state index in [2.05, 4.69) is 44.1 Å². The van der Waals surface area contributed by atoms with Crippen molar-refractivity contribution in [1.82, 2.24) is 15.0 Å². The van der Waals surface area contributed by atoms with E-state index in [1.165, 1.54) is 17.2 Å². The summed E-state index contributed by atoms with van der Waals surface area (Å²) in [6, 6.07) is 21.4. The number of hydrogen-bond acceptors (Lipinski definition) is 4. The molecule has 1 atom stereocenters. The van der Waals surface area contributed by atoms with Crippen LogP contribution in [0.25, 0.3) is 22.4 Å². The van der Waals surface area contributed by atoms with Crippen LogP contribution in [0.1, 0.15) is 41.2 Å². The quantitative estimate of drug-likeness (QED) is 0.221. The summed E-state index contributed by atoms with van der Waals surface area (Å²) >= 11 is 12.5. The van der Waals surface area contributed by atoms with Crippen LogP contribution in [0.3, 0.4) is 0 Å². The van der Waals surface area contributed by atoms with Gasteiger partial charge in [-0.3, -0.25) is 0 Å². The van der Waals surface area contributed by atoms with Crippen molar-refractivity contribution >= 4 is 40.1 Å². The molecule has 0 bridgehead atoms. The van der Waals surface area contributed by atoms with E-state index in [-0.39, 0.29) is 11.7 Å². The summed E-state index contributed by atoms with van der Waals surface area (Å²) in [4.78, 5) is 14.4. The molecule has 5 aromatic rings. The van der Waals surface area contributed by atoms with Crippen LogP contribution in [0.2, 0.25) is 10.0 Å². The Morgan fingerprint density at radius 2 is 1.71 bits per heavy atom. The molecule has 1 fully saturated rings. The monoisotopic (exact) mass is 608 g/mol. The van der Waals surface area contributed by atoms with Crippen molar-refractivity contribution in [3.05, 3.63) is 111 Å². The molecule has 7 rings (SSSR count). The number of piperidine rings is 1. The summed E-state index contributed by atoms with van der Waals surface area (Å²) in [6.07, 6.45) is -0.486. The third kappa shape index (κ3) is 5.02. The topological polar surface area (TPSA) is 54.0 Å². The first-order valence-electron chi connectivity index (χ1n) is 13.7. The molecule has 5 nitrogen and oxygen atoms in total. The fourth-order valence-corrected chi connectivity index (χ4v) is 6.78. The molecular weight excluding hydrogens is 584 g/mol. The zero-order valence-electron chi connectivity index (χ0n) is 22.3. The van der Waals surface area contributed by atoms with Crippen molar-refractivity contribution in [1.29, 1.82) is 0 Å². The van der Waals surface area contributed by atoms with Crippen molar-refractivity contribution in [2.75, 3.05) is 18.0 Å². The van der Waals surface area contributed by atoms with E-state index in [4.69, 9.17) is 27.9 Å². The number of fused-ring (bicyclic) bond motifs is 3. The smallest absolute Gasteiger partial charge is 0.362 e. The summed E-state index contributed by atoms with van der Waals surface area (Å²) < 4.78 is 46.2. The first-order valence-corrected chi connectivity index (χ1v) is 14.4. The molecule has 0 aliphatic carbocycles. The molecule has 3 aromatic carbocycles. The Bertz CT molecular complexity index is 1760. The number of benzene rings is 3. The van der Waals surface area contributed by atoms with Crippen LogP contribution >= 0.6 is 23.2 Å².